The zero-order valence-electron chi connectivity index (χ0n) is 9.12. The molecule has 0 spiro atoms. The van der Waals surface area contributed by atoms with E-state index in [2.05, 4.69) is 13.8 Å². The lowest BCUT2D eigenvalue weighted by Crippen LogP contribution is -2.43. The second-order valence-corrected chi connectivity index (χ2v) is 4.98. The van der Waals surface area contributed by atoms with Crippen molar-refractivity contribution in [2.24, 2.45) is 5.73 Å². The van der Waals surface area contributed by atoms with Gasteiger partial charge in [0, 0.05) is 11.0 Å². The average molecular weight is 207 g/mol. The number of phenols is 2. The maximum absolute atomic E-state index is 9.46. The van der Waals surface area contributed by atoms with Crippen molar-refractivity contribution in [1.82, 2.24) is 0 Å². The summed E-state index contributed by atoms with van der Waals surface area (Å²) in [6.45, 7) is 4.15. The molecular formula is C12H17NO2. The molecule has 0 amide bonds. The fraction of sp³-hybridized carbons (Fsp3) is 0.500. The molecule has 0 heterocycles. The van der Waals surface area contributed by atoms with Gasteiger partial charge in [0.05, 0.1) is 0 Å². The van der Waals surface area contributed by atoms with Crippen LogP contribution in [0.1, 0.15) is 32.3 Å². The van der Waals surface area contributed by atoms with Crippen molar-refractivity contribution in [3.63, 3.8) is 0 Å². The van der Waals surface area contributed by atoms with E-state index in [-0.39, 0.29) is 22.5 Å². The lowest BCUT2D eigenvalue weighted by atomic mass is 9.76. The van der Waals surface area contributed by atoms with Crippen molar-refractivity contribution >= 4 is 0 Å². The Balaban J connectivity index is 2.41. The number of rotatable bonds is 2. The Hall–Kier alpha value is -1.22. The van der Waals surface area contributed by atoms with E-state index in [0.29, 0.717) is 0 Å². The lowest BCUT2D eigenvalue weighted by Gasteiger charge is -2.32. The minimum absolute atomic E-state index is 0.0789. The third-order valence-corrected chi connectivity index (χ3v) is 3.73. The van der Waals surface area contributed by atoms with Crippen LogP contribution in [0.3, 0.4) is 0 Å². The molecule has 0 atom stereocenters. The van der Waals surface area contributed by atoms with Crippen molar-refractivity contribution in [1.29, 1.82) is 0 Å². The zero-order valence-corrected chi connectivity index (χ0v) is 9.12. The molecule has 0 aliphatic heterocycles. The van der Waals surface area contributed by atoms with Crippen LogP contribution in [-0.4, -0.2) is 15.8 Å². The standard InChI is InChI=1S/C12H17NO2/c1-11(2,12(13)5-6-12)8-3-4-9(14)10(15)7-8/h3-4,7,14-15H,5-6,13H2,1-2H3. The van der Waals surface area contributed by atoms with Crippen molar-refractivity contribution in [3.05, 3.63) is 23.8 Å². The maximum Gasteiger partial charge on any atom is 0.157 e. The van der Waals surface area contributed by atoms with E-state index >= 15 is 0 Å². The summed E-state index contributed by atoms with van der Waals surface area (Å²) in [5, 5.41) is 18.7. The highest BCUT2D eigenvalue weighted by Gasteiger charge is 2.51. The minimum atomic E-state index is -0.168. The van der Waals surface area contributed by atoms with Crippen LogP contribution in [0.15, 0.2) is 18.2 Å². The van der Waals surface area contributed by atoms with Gasteiger partial charge in [0.15, 0.2) is 11.5 Å². The molecule has 0 saturated heterocycles. The normalized spacial score (nSPS) is 18.9. The Kier molecular flexibility index (Phi) is 1.98. The number of nitrogens with two attached hydrogens (primary N) is 1. The largest absolute Gasteiger partial charge is 0.504 e. The number of phenolic OH excluding ortho intramolecular Hbond substituents is 2. The lowest BCUT2D eigenvalue weighted by molar-refractivity contribution is 0.379. The third-order valence-electron chi connectivity index (χ3n) is 3.73. The number of benzene rings is 1. The molecule has 1 aliphatic carbocycles. The van der Waals surface area contributed by atoms with Crippen LogP contribution in [0.5, 0.6) is 11.5 Å². The Morgan fingerprint density at radius 1 is 1.20 bits per heavy atom. The summed E-state index contributed by atoms with van der Waals surface area (Å²) in [5.41, 5.74) is 6.85. The Labute approximate surface area is 89.5 Å². The molecule has 1 aromatic carbocycles. The first-order valence-corrected chi connectivity index (χ1v) is 5.18. The Morgan fingerprint density at radius 2 is 1.80 bits per heavy atom. The van der Waals surface area contributed by atoms with E-state index in [9.17, 15) is 10.2 Å². The van der Waals surface area contributed by atoms with Gasteiger partial charge in [0.25, 0.3) is 0 Å². The van der Waals surface area contributed by atoms with Gasteiger partial charge in [-0.2, -0.15) is 0 Å². The molecular weight excluding hydrogens is 190 g/mol. The van der Waals surface area contributed by atoms with E-state index in [1.807, 2.05) is 6.07 Å². The van der Waals surface area contributed by atoms with Crippen LogP contribution in [0.2, 0.25) is 0 Å². The van der Waals surface area contributed by atoms with Gasteiger partial charge in [-0.05, 0) is 30.5 Å². The van der Waals surface area contributed by atoms with E-state index < -0.39 is 0 Å². The van der Waals surface area contributed by atoms with E-state index in [4.69, 9.17) is 5.73 Å². The molecule has 0 bridgehead atoms. The highest BCUT2D eigenvalue weighted by molar-refractivity contribution is 5.45. The monoisotopic (exact) mass is 207 g/mol. The maximum atomic E-state index is 9.46. The fourth-order valence-corrected chi connectivity index (χ4v) is 1.96. The van der Waals surface area contributed by atoms with Gasteiger partial charge in [-0.15, -0.1) is 0 Å². The Morgan fingerprint density at radius 3 is 2.27 bits per heavy atom. The average Bonchev–Trinajstić information content (AvgIpc) is 2.90. The topological polar surface area (TPSA) is 66.5 Å². The third kappa shape index (κ3) is 1.47. The number of hydrogen-bond donors (Lipinski definition) is 3. The second kappa shape index (κ2) is 2.89. The molecule has 1 aromatic rings. The summed E-state index contributed by atoms with van der Waals surface area (Å²) in [6.07, 6.45) is 2.03. The van der Waals surface area contributed by atoms with Crippen LogP contribution in [0.25, 0.3) is 0 Å². The summed E-state index contributed by atoms with van der Waals surface area (Å²) in [5.74, 6) is -0.166. The first-order chi connectivity index (χ1) is 6.87. The zero-order chi connectivity index (χ0) is 11.3. The van der Waals surface area contributed by atoms with E-state index in [0.717, 1.165) is 18.4 Å². The molecule has 3 heteroatoms. The highest BCUT2D eigenvalue weighted by atomic mass is 16.3. The fourth-order valence-electron chi connectivity index (χ4n) is 1.96. The Bertz CT molecular complexity index is 395. The molecule has 0 aromatic heterocycles. The summed E-state index contributed by atoms with van der Waals surface area (Å²) >= 11 is 0. The molecule has 15 heavy (non-hydrogen) atoms. The molecule has 1 aliphatic rings. The molecule has 82 valence electrons. The van der Waals surface area contributed by atoms with Gasteiger partial charge >= 0.3 is 0 Å². The van der Waals surface area contributed by atoms with Crippen molar-refractivity contribution in [2.75, 3.05) is 0 Å². The summed E-state index contributed by atoms with van der Waals surface area (Å²) in [6, 6.07) is 4.93. The highest BCUT2D eigenvalue weighted by Crippen LogP contribution is 2.49. The van der Waals surface area contributed by atoms with Crippen LogP contribution in [0.4, 0.5) is 0 Å². The SMILES string of the molecule is CC(C)(c1ccc(O)c(O)c1)C1(N)CC1. The van der Waals surface area contributed by atoms with Crippen molar-refractivity contribution < 1.29 is 10.2 Å². The van der Waals surface area contributed by atoms with Crippen molar-refractivity contribution in [3.8, 4) is 11.5 Å². The van der Waals surface area contributed by atoms with Gasteiger partial charge in [0.2, 0.25) is 0 Å². The van der Waals surface area contributed by atoms with Crippen molar-refractivity contribution in [2.45, 2.75) is 37.6 Å². The molecule has 3 nitrogen and oxygen atoms in total. The molecule has 0 unspecified atom stereocenters. The summed E-state index contributed by atoms with van der Waals surface area (Å²) in [7, 11) is 0. The molecule has 2 rings (SSSR count). The summed E-state index contributed by atoms with van der Waals surface area (Å²) < 4.78 is 0. The second-order valence-electron chi connectivity index (χ2n) is 4.98. The van der Waals surface area contributed by atoms with Gasteiger partial charge < -0.3 is 15.9 Å². The molecule has 0 radical (unpaired) electrons. The van der Waals surface area contributed by atoms with E-state index in [1.54, 1.807) is 6.07 Å². The van der Waals surface area contributed by atoms with E-state index in [1.165, 1.54) is 6.07 Å². The van der Waals surface area contributed by atoms with Crippen LogP contribution >= 0.6 is 0 Å². The van der Waals surface area contributed by atoms with Gasteiger partial charge in [0.1, 0.15) is 0 Å². The number of hydrogen-bond acceptors (Lipinski definition) is 3. The predicted octanol–water partition coefficient (Wildman–Crippen LogP) is 1.87. The minimum Gasteiger partial charge on any atom is -0.504 e. The van der Waals surface area contributed by atoms with Crippen LogP contribution < -0.4 is 5.73 Å². The molecule has 1 saturated carbocycles. The summed E-state index contributed by atoms with van der Waals surface area (Å²) in [4.78, 5) is 0. The van der Waals surface area contributed by atoms with Crippen LogP contribution in [0, 0.1) is 0 Å². The number of aromatic hydroxyl groups is 2. The van der Waals surface area contributed by atoms with Gasteiger partial charge in [-0.1, -0.05) is 19.9 Å². The van der Waals surface area contributed by atoms with Crippen LogP contribution in [-0.2, 0) is 5.41 Å². The first-order valence-electron chi connectivity index (χ1n) is 5.18. The smallest absolute Gasteiger partial charge is 0.157 e. The molecule has 4 N–H and O–H groups in total. The first kappa shape index (κ1) is 10.3. The van der Waals surface area contributed by atoms with Gasteiger partial charge in [-0.25, -0.2) is 0 Å². The van der Waals surface area contributed by atoms with Gasteiger partial charge in [-0.3, -0.25) is 0 Å². The molecule has 1 fully saturated rings. The quantitative estimate of drug-likeness (QED) is 0.648. The predicted molar refractivity (Wildman–Crippen MR) is 59.0 cm³/mol.